The minimum absolute atomic E-state index is 0.133. The van der Waals surface area contributed by atoms with Crippen LogP contribution in [0.1, 0.15) is 19.2 Å². The van der Waals surface area contributed by atoms with Crippen molar-refractivity contribution in [3.05, 3.63) is 30.2 Å². The summed E-state index contributed by atoms with van der Waals surface area (Å²) in [5, 5.41) is 7.26. The normalized spacial score (nSPS) is 17.8. The number of aryl methyl sites for hydroxylation is 1. The molecular weight excluding hydrogens is 308 g/mol. The number of methoxy groups -OCH3 is 1. The summed E-state index contributed by atoms with van der Waals surface area (Å²) in [6.07, 6.45) is 0.840. The molecule has 1 fully saturated rings. The van der Waals surface area contributed by atoms with Gasteiger partial charge >= 0.3 is 0 Å². The van der Waals surface area contributed by atoms with Gasteiger partial charge in [-0.25, -0.2) is 0 Å². The van der Waals surface area contributed by atoms with Crippen LogP contribution in [0.15, 0.2) is 28.8 Å². The zero-order valence-corrected chi connectivity index (χ0v) is 14.0. The van der Waals surface area contributed by atoms with Gasteiger partial charge in [-0.15, -0.1) is 0 Å². The zero-order valence-electron chi connectivity index (χ0n) is 14.0. The number of aromatic nitrogens is 2. The Hall–Kier alpha value is -2.41. The van der Waals surface area contributed by atoms with E-state index in [0.717, 1.165) is 30.9 Å². The van der Waals surface area contributed by atoms with Gasteiger partial charge in [0, 0.05) is 44.1 Å². The Morgan fingerprint density at radius 1 is 1.42 bits per heavy atom. The molecule has 0 bridgehead atoms. The molecule has 24 heavy (non-hydrogen) atoms. The maximum Gasteiger partial charge on any atom is 0.227 e. The fraction of sp³-hybridized carbons (Fsp3) is 0.471. The molecule has 7 nitrogen and oxygen atoms in total. The van der Waals surface area contributed by atoms with Crippen molar-refractivity contribution in [3.8, 4) is 17.1 Å². The first-order chi connectivity index (χ1) is 11.7. The largest absolute Gasteiger partial charge is 0.497 e. The molecule has 1 unspecified atom stereocenters. The number of piperazine rings is 1. The monoisotopic (exact) mass is 330 g/mol. The van der Waals surface area contributed by atoms with Crippen LogP contribution in [-0.2, 0) is 11.2 Å². The molecule has 1 aromatic carbocycles. The minimum Gasteiger partial charge on any atom is -0.497 e. The van der Waals surface area contributed by atoms with Gasteiger partial charge in [0.25, 0.3) is 0 Å². The lowest BCUT2D eigenvalue weighted by Gasteiger charge is -2.34. The molecule has 1 aromatic heterocycles. The summed E-state index contributed by atoms with van der Waals surface area (Å²) in [7, 11) is 1.62. The number of nitrogens with one attached hydrogen (secondary N) is 1. The van der Waals surface area contributed by atoms with Gasteiger partial charge in [-0.3, -0.25) is 4.79 Å². The van der Waals surface area contributed by atoms with Crippen LogP contribution in [0.2, 0.25) is 0 Å². The third-order valence-corrected chi connectivity index (χ3v) is 4.19. The number of ether oxygens (including phenoxy) is 1. The average Bonchev–Trinajstić information content (AvgIpc) is 3.09. The van der Waals surface area contributed by atoms with Crippen LogP contribution >= 0.6 is 0 Å². The van der Waals surface area contributed by atoms with E-state index in [1.54, 1.807) is 7.11 Å². The molecule has 1 aliphatic rings. The lowest BCUT2D eigenvalue weighted by atomic mass is 10.2. The minimum atomic E-state index is 0.133. The van der Waals surface area contributed by atoms with Gasteiger partial charge in [0.05, 0.1) is 7.11 Å². The molecule has 1 atom stereocenters. The summed E-state index contributed by atoms with van der Waals surface area (Å²) in [6.45, 7) is 4.49. The van der Waals surface area contributed by atoms with E-state index in [0.29, 0.717) is 24.6 Å². The fourth-order valence-corrected chi connectivity index (χ4v) is 2.78. The SMILES string of the molecule is COc1ccc(-c2noc(CCC(=O)N3CCNCC3C)n2)cc1. The second-order valence-electron chi connectivity index (χ2n) is 5.88. The fourth-order valence-electron chi connectivity index (χ4n) is 2.78. The highest BCUT2D eigenvalue weighted by molar-refractivity contribution is 5.76. The number of rotatable bonds is 5. The second-order valence-corrected chi connectivity index (χ2v) is 5.88. The Labute approximate surface area is 141 Å². The quantitative estimate of drug-likeness (QED) is 0.895. The summed E-state index contributed by atoms with van der Waals surface area (Å²) in [5.74, 6) is 1.92. The maximum absolute atomic E-state index is 12.3. The Bertz CT molecular complexity index is 683. The molecule has 0 radical (unpaired) electrons. The lowest BCUT2D eigenvalue weighted by molar-refractivity contribution is -0.134. The van der Waals surface area contributed by atoms with Crippen molar-refractivity contribution in [3.63, 3.8) is 0 Å². The van der Waals surface area contributed by atoms with Gasteiger partial charge in [0.1, 0.15) is 5.75 Å². The van der Waals surface area contributed by atoms with Gasteiger partial charge in [0.2, 0.25) is 17.6 Å². The van der Waals surface area contributed by atoms with Crippen LogP contribution < -0.4 is 10.1 Å². The molecular formula is C17H22N4O3. The van der Waals surface area contributed by atoms with Crippen molar-refractivity contribution in [2.75, 3.05) is 26.7 Å². The van der Waals surface area contributed by atoms with E-state index >= 15 is 0 Å². The first-order valence-corrected chi connectivity index (χ1v) is 8.14. The smallest absolute Gasteiger partial charge is 0.227 e. The third kappa shape index (κ3) is 3.73. The molecule has 1 N–H and O–H groups in total. The summed E-state index contributed by atoms with van der Waals surface area (Å²) in [6, 6.07) is 7.67. The Kier molecular flexibility index (Phi) is 5.10. The molecule has 0 saturated carbocycles. The van der Waals surface area contributed by atoms with E-state index in [9.17, 15) is 4.79 Å². The number of hydrogen-bond donors (Lipinski definition) is 1. The van der Waals surface area contributed by atoms with E-state index in [-0.39, 0.29) is 11.9 Å². The van der Waals surface area contributed by atoms with Crippen LogP contribution in [0, 0.1) is 0 Å². The Morgan fingerprint density at radius 2 is 2.21 bits per heavy atom. The molecule has 0 aliphatic carbocycles. The molecule has 1 saturated heterocycles. The highest BCUT2D eigenvalue weighted by Gasteiger charge is 2.23. The van der Waals surface area contributed by atoms with Gasteiger partial charge in [-0.2, -0.15) is 4.98 Å². The van der Waals surface area contributed by atoms with Crippen LogP contribution in [-0.4, -0.2) is 53.7 Å². The van der Waals surface area contributed by atoms with E-state index in [1.165, 1.54) is 0 Å². The first kappa shape index (κ1) is 16.4. The van der Waals surface area contributed by atoms with E-state index in [4.69, 9.17) is 9.26 Å². The standard InChI is InChI=1S/C17H22N4O3/c1-12-11-18-9-10-21(12)16(22)8-7-15-19-17(20-24-15)13-3-5-14(23-2)6-4-13/h3-6,12,18H,7-11H2,1-2H3. The Balaban J connectivity index is 1.58. The molecule has 3 rings (SSSR count). The van der Waals surface area contributed by atoms with Crippen molar-refractivity contribution < 1.29 is 14.1 Å². The highest BCUT2D eigenvalue weighted by Crippen LogP contribution is 2.20. The van der Waals surface area contributed by atoms with Crippen molar-refractivity contribution in [1.82, 2.24) is 20.4 Å². The highest BCUT2D eigenvalue weighted by atomic mass is 16.5. The topological polar surface area (TPSA) is 80.5 Å². The van der Waals surface area contributed by atoms with Crippen LogP contribution in [0.4, 0.5) is 0 Å². The number of carbonyl (C=O) groups is 1. The molecule has 2 heterocycles. The number of carbonyl (C=O) groups excluding carboxylic acids is 1. The van der Waals surface area contributed by atoms with Crippen molar-refractivity contribution >= 4 is 5.91 Å². The van der Waals surface area contributed by atoms with Gasteiger partial charge in [-0.1, -0.05) is 5.16 Å². The first-order valence-electron chi connectivity index (χ1n) is 8.14. The average molecular weight is 330 g/mol. The maximum atomic E-state index is 12.3. The molecule has 1 aliphatic heterocycles. The van der Waals surface area contributed by atoms with E-state index in [1.807, 2.05) is 29.2 Å². The molecule has 7 heteroatoms. The van der Waals surface area contributed by atoms with Crippen molar-refractivity contribution in [1.29, 1.82) is 0 Å². The van der Waals surface area contributed by atoms with Gasteiger partial charge in [-0.05, 0) is 31.2 Å². The predicted octanol–water partition coefficient (Wildman–Crippen LogP) is 1.50. The summed E-state index contributed by atoms with van der Waals surface area (Å²) in [4.78, 5) is 18.6. The Morgan fingerprint density at radius 3 is 2.92 bits per heavy atom. The van der Waals surface area contributed by atoms with Crippen molar-refractivity contribution in [2.24, 2.45) is 0 Å². The number of nitrogens with zero attached hydrogens (tertiary/aromatic N) is 3. The van der Waals surface area contributed by atoms with Gasteiger partial charge < -0.3 is 19.5 Å². The molecule has 128 valence electrons. The van der Waals surface area contributed by atoms with Gasteiger partial charge in [0.15, 0.2) is 0 Å². The molecule has 0 spiro atoms. The van der Waals surface area contributed by atoms with Crippen LogP contribution in [0.3, 0.4) is 0 Å². The van der Waals surface area contributed by atoms with Crippen LogP contribution in [0.5, 0.6) is 5.75 Å². The number of benzene rings is 1. The predicted molar refractivity (Wildman–Crippen MR) is 88.7 cm³/mol. The summed E-state index contributed by atoms with van der Waals surface area (Å²) < 4.78 is 10.4. The molecule has 2 aromatic rings. The van der Waals surface area contributed by atoms with Crippen molar-refractivity contribution in [2.45, 2.75) is 25.8 Å². The molecule has 1 amide bonds. The second kappa shape index (κ2) is 7.44. The summed E-state index contributed by atoms with van der Waals surface area (Å²) in [5.41, 5.74) is 0.854. The number of amides is 1. The van der Waals surface area contributed by atoms with E-state index in [2.05, 4.69) is 22.4 Å². The summed E-state index contributed by atoms with van der Waals surface area (Å²) >= 11 is 0. The zero-order chi connectivity index (χ0) is 16.9. The number of hydrogen-bond acceptors (Lipinski definition) is 6. The van der Waals surface area contributed by atoms with E-state index < -0.39 is 0 Å². The lowest BCUT2D eigenvalue weighted by Crippen LogP contribution is -2.52. The third-order valence-electron chi connectivity index (χ3n) is 4.19. The van der Waals surface area contributed by atoms with Crippen LogP contribution in [0.25, 0.3) is 11.4 Å².